The topological polar surface area (TPSA) is 135 Å². The quantitative estimate of drug-likeness (QED) is 0.172. The van der Waals surface area contributed by atoms with Crippen molar-refractivity contribution in [1.82, 2.24) is 0 Å². The zero-order valence-corrected chi connectivity index (χ0v) is 19.9. The molecule has 0 amide bonds. The first-order valence-electron chi connectivity index (χ1n) is 12.1. The minimum Gasteiger partial charge on any atom is -0.481 e. The number of aliphatic hydroxyl groups excluding tert-OH is 3. The van der Waals surface area contributed by atoms with Gasteiger partial charge < -0.3 is 25.5 Å². The first-order chi connectivity index (χ1) is 14.8. The molecule has 0 radical (unpaired) electrons. The Bertz CT molecular complexity index is 422. The van der Waals surface area contributed by atoms with Crippen LogP contribution in [-0.4, -0.2) is 57.3 Å². The van der Waals surface area contributed by atoms with E-state index < -0.39 is 17.4 Å². The Kier molecular flexibility index (Phi) is 22.7. The van der Waals surface area contributed by atoms with E-state index in [0.717, 1.165) is 64.2 Å². The highest BCUT2D eigenvalue weighted by Gasteiger charge is 2.34. The average Bonchev–Trinajstić information content (AvgIpc) is 2.75. The molecule has 1 atom stereocenters. The van der Waals surface area contributed by atoms with E-state index in [9.17, 15) is 24.9 Å². The highest BCUT2D eigenvalue weighted by atomic mass is 16.4. The zero-order valence-electron chi connectivity index (χ0n) is 19.9. The number of hydrogen-bond acceptors (Lipinski definition) is 5. The van der Waals surface area contributed by atoms with Gasteiger partial charge in [-0.3, -0.25) is 9.59 Å². The first-order valence-corrected chi connectivity index (χ1v) is 12.1. The number of carboxylic acids is 2. The Balaban J connectivity index is 0. The van der Waals surface area contributed by atoms with E-state index in [0.29, 0.717) is 6.42 Å². The van der Waals surface area contributed by atoms with Crippen LogP contribution in [0.25, 0.3) is 0 Å². The molecule has 0 aromatic rings. The summed E-state index contributed by atoms with van der Waals surface area (Å²) >= 11 is 0. The predicted octanol–water partition coefficient (Wildman–Crippen LogP) is 4.61. The number of aliphatic carboxylic acids is 2. The van der Waals surface area contributed by atoms with Crippen LogP contribution in [-0.2, 0) is 9.59 Å². The summed E-state index contributed by atoms with van der Waals surface area (Å²) in [6, 6.07) is 0. The zero-order chi connectivity index (χ0) is 24.0. The van der Waals surface area contributed by atoms with Gasteiger partial charge in [-0.05, 0) is 25.2 Å². The fraction of sp³-hybridized carbons (Fsp3) is 0.917. The van der Waals surface area contributed by atoms with Crippen LogP contribution >= 0.6 is 0 Å². The van der Waals surface area contributed by atoms with Crippen LogP contribution in [0.3, 0.4) is 0 Å². The van der Waals surface area contributed by atoms with Crippen LogP contribution in [0.5, 0.6) is 0 Å². The molecule has 0 spiro atoms. The monoisotopic (exact) mass is 448 g/mol. The summed E-state index contributed by atoms with van der Waals surface area (Å²) in [4.78, 5) is 20.4. The van der Waals surface area contributed by atoms with E-state index in [2.05, 4.69) is 6.92 Å². The van der Waals surface area contributed by atoms with Crippen molar-refractivity contribution in [3.05, 3.63) is 0 Å². The van der Waals surface area contributed by atoms with E-state index >= 15 is 0 Å². The Morgan fingerprint density at radius 3 is 1.42 bits per heavy atom. The number of unbranched alkanes of at least 4 members (excludes halogenated alkanes) is 10. The van der Waals surface area contributed by atoms with Gasteiger partial charge in [-0.25, -0.2) is 0 Å². The number of carbonyl (C=O) groups is 2. The lowest BCUT2D eigenvalue weighted by Crippen LogP contribution is -2.38. The molecule has 7 heteroatoms. The molecule has 1 unspecified atom stereocenters. The van der Waals surface area contributed by atoms with Gasteiger partial charge in [0.15, 0.2) is 0 Å². The van der Waals surface area contributed by atoms with E-state index in [1.54, 1.807) is 0 Å². The maximum Gasteiger partial charge on any atom is 0.303 e. The van der Waals surface area contributed by atoms with Crippen molar-refractivity contribution in [3.8, 4) is 0 Å². The molecule has 0 aliphatic carbocycles. The molecule has 0 aromatic carbocycles. The standard InChI is InChI=1S/C16H32O5.C8H16O2/c1-14(11-17)16(12-18,13-19)10-8-6-4-2-3-5-7-9-15(20)21;1-2-3-4-5-6-7-8(9)10/h14,17-19H,2-13H2,1H3,(H,20,21);2-7H2,1H3,(H,9,10). The third-order valence-electron chi connectivity index (χ3n) is 6.01. The predicted molar refractivity (Wildman–Crippen MR) is 123 cm³/mol. The van der Waals surface area contributed by atoms with Gasteiger partial charge in [0.25, 0.3) is 0 Å². The molecule has 186 valence electrons. The van der Waals surface area contributed by atoms with Gasteiger partial charge >= 0.3 is 11.9 Å². The van der Waals surface area contributed by atoms with Crippen LogP contribution in [0.4, 0.5) is 0 Å². The number of aliphatic hydroxyl groups is 3. The third kappa shape index (κ3) is 19.2. The number of rotatable bonds is 20. The minimum absolute atomic E-state index is 0.0231. The molecular weight excluding hydrogens is 400 g/mol. The highest BCUT2D eigenvalue weighted by Crippen LogP contribution is 2.33. The van der Waals surface area contributed by atoms with Gasteiger partial charge in [0.05, 0.1) is 13.2 Å². The first kappa shape index (κ1) is 32.0. The van der Waals surface area contributed by atoms with Gasteiger partial charge in [0.1, 0.15) is 0 Å². The third-order valence-corrected chi connectivity index (χ3v) is 6.01. The second kappa shape index (κ2) is 22.0. The van der Waals surface area contributed by atoms with E-state index in [1.807, 2.05) is 6.92 Å². The molecule has 0 heterocycles. The number of hydrogen-bond donors (Lipinski definition) is 5. The molecule has 31 heavy (non-hydrogen) atoms. The summed E-state index contributed by atoms with van der Waals surface area (Å²) in [5.41, 5.74) is -0.573. The molecule has 0 saturated heterocycles. The molecule has 0 aliphatic rings. The maximum atomic E-state index is 10.3. The van der Waals surface area contributed by atoms with Crippen LogP contribution in [0.1, 0.15) is 110 Å². The van der Waals surface area contributed by atoms with Crippen molar-refractivity contribution in [1.29, 1.82) is 0 Å². The van der Waals surface area contributed by atoms with Crippen molar-refractivity contribution >= 4 is 11.9 Å². The number of carboxylic acid groups (broad SMARTS) is 2. The minimum atomic E-state index is -0.725. The molecular formula is C24H48O7. The van der Waals surface area contributed by atoms with Crippen molar-refractivity contribution in [2.45, 2.75) is 110 Å². The Labute approximate surface area is 188 Å². The van der Waals surface area contributed by atoms with Crippen LogP contribution < -0.4 is 0 Å². The Morgan fingerprint density at radius 1 is 0.677 bits per heavy atom. The van der Waals surface area contributed by atoms with Crippen LogP contribution in [0.15, 0.2) is 0 Å². The summed E-state index contributed by atoms with van der Waals surface area (Å²) in [6.45, 7) is 3.79. The fourth-order valence-corrected chi connectivity index (χ4v) is 3.48. The van der Waals surface area contributed by atoms with Gasteiger partial charge in [-0.2, -0.15) is 0 Å². The molecule has 0 aliphatic heterocycles. The lowest BCUT2D eigenvalue weighted by atomic mass is 9.74. The molecule has 0 saturated carbocycles. The van der Waals surface area contributed by atoms with Crippen molar-refractivity contribution in [3.63, 3.8) is 0 Å². The largest absolute Gasteiger partial charge is 0.481 e. The van der Waals surface area contributed by atoms with E-state index in [1.165, 1.54) is 19.3 Å². The summed E-state index contributed by atoms with van der Waals surface area (Å²) in [5.74, 6) is -1.50. The van der Waals surface area contributed by atoms with Crippen molar-refractivity contribution in [2.24, 2.45) is 11.3 Å². The maximum absolute atomic E-state index is 10.3. The SMILES string of the molecule is CC(CO)C(CO)(CO)CCCCCCCCCC(=O)O.CCCCCCCC(=O)O. The molecule has 0 fully saturated rings. The van der Waals surface area contributed by atoms with Gasteiger partial charge in [-0.1, -0.05) is 78.1 Å². The normalized spacial score (nSPS) is 12.2. The van der Waals surface area contributed by atoms with Crippen molar-refractivity contribution in [2.75, 3.05) is 19.8 Å². The summed E-state index contributed by atoms with van der Waals surface area (Å²) < 4.78 is 0. The fourth-order valence-electron chi connectivity index (χ4n) is 3.48. The second-order valence-electron chi connectivity index (χ2n) is 8.69. The van der Waals surface area contributed by atoms with Gasteiger partial charge in [0, 0.05) is 24.9 Å². The van der Waals surface area contributed by atoms with Gasteiger partial charge in [0.2, 0.25) is 0 Å². The summed E-state index contributed by atoms with van der Waals surface area (Å²) in [5, 5.41) is 45.0. The average molecular weight is 449 g/mol. The summed E-state index contributed by atoms with van der Waals surface area (Å²) in [6.07, 6.45) is 13.8. The smallest absolute Gasteiger partial charge is 0.303 e. The lowest BCUT2D eigenvalue weighted by Gasteiger charge is -2.35. The Morgan fingerprint density at radius 2 is 1.06 bits per heavy atom. The molecule has 0 rings (SSSR count). The van der Waals surface area contributed by atoms with E-state index in [-0.39, 0.29) is 32.2 Å². The molecule has 0 aromatic heterocycles. The van der Waals surface area contributed by atoms with Crippen LogP contribution in [0, 0.1) is 11.3 Å². The summed E-state index contributed by atoms with van der Waals surface area (Å²) in [7, 11) is 0. The van der Waals surface area contributed by atoms with E-state index in [4.69, 9.17) is 10.2 Å². The van der Waals surface area contributed by atoms with Crippen LogP contribution in [0.2, 0.25) is 0 Å². The Hall–Kier alpha value is -1.18. The van der Waals surface area contributed by atoms with Crippen molar-refractivity contribution < 1.29 is 35.1 Å². The highest BCUT2D eigenvalue weighted by molar-refractivity contribution is 5.66. The lowest BCUT2D eigenvalue weighted by molar-refractivity contribution is -0.138. The molecule has 7 nitrogen and oxygen atoms in total. The second-order valence-corrected chi connectivity index (χ2v) is 8.69. The molecule has 0 bridgehead atoms. The molecule has 5 N–H and O–H groups in total. The van der Waals surface area contributed by atoms with Gasteiger partial charge in [-0.15, -0.1) is 0 Å².